The molecule has 6 heteroatoms. The molecule has 0 amide bonds. The minimum atomic E-state index is -0.430. The first kappa shape index (κ1) is 13.5. The van der Waals surface area contributed by atoms with Gasteiger partial charge in [0, 0.05) is 24.6 Å². The number of piperidine rings is 1. The molecule has 6 nitrogen and oxygen atoms in total. The number of pyridine rings is 1. The van der Waals surface area contributed by atoms with Crippen molar-refractivity contribution >= 4 is 17.3 Å². The normalized spacial score (nSPS) is 19.3. The first-order chi connectivity index (χ1) is 8.99. The summed E-state index contributed by atoms with van der Waals surface area (Å²) in [6.07, 6.45) is 3.15. The van der Waals surface area contributed by atoms with Crippen molar-refractivity contribution in [1.82, 2.24) is 4.98 Å². The number of hydrogen-bond donors (Lipinski definition) is 0. The Kier molecular flexibility index (Phi) is 3.78. The van der Waals surface area contributed by atoms with Crippen molar-refractivity contribution in [3.05, 3.63) is 27.9 Å². The lowest BCUT2D eigenvalue weighted by molar-refractivity contribution is -0.385. The summed E-state index contributed by atoms with van der Waals surface area (Å²) in [5, 5.41) is 10.8. The van der Waals surface area contributed by atoms with E-state index in [0.29, 0.717) is 17.9 Å². The number of aryl methyl sites for hydroxylation is 1. The van der Waals surface area contributed by atoms with E-state index in [2.05, 4.69) is 4.98 Å². The minimum absolute atomic E-state index is 0.0314. The molecular formula is C13H17N3O3. The molecule has 1 unspecified atom stereocenters. The van der Waals surface area contributed by atoms with Crippen LogP contribution in [0.3, 0.4) is 0 Å². The van der Waals surface area contributed by atoms with Crippen molar-refractivity contribution in [2.24, 2.45) is 5.92 Å². The third-order valence-corrected chi connectivity index (χ3v) is 3.59. The number of aromatic nitrogens is 1. The molecule has 1 aliphatic rings. The predicted molar refractivity (Wildman–Crippen MR) is 71.2 cm³/mol. The number of hydrogen-bond acceptors (Lipinski definition) is 5. The molecule has 2 rings (SSSR count). The maximum Gasteiger partial charge on any atom is 0.290 e. The van der Waals surface area contributed by atoms with Crippen molar-refractivity contribution < 1.29 is 9.72 Å². The lowest BCUT2D eigenvalue weighted by Crippen LogP contribution is -2.38. The molecule has 1 aliphatic heterocycles. The van der Waals surface area contributed by atoms with Gasteiger partial charge in [-0.15, -0.1) is 0 Å². The van der Waals surface area contributed by atoms with Crippen molar-refractivity contribution in [3.8, 4) is 0 Å². The van der Waals surface area contributed by atoms with Gasteiger partial charge in [0.15, 0.2) is 0 Å². The van der Waals surface area contributed by atoms with E-state index in [1.165, 1.54) is 6.20 Å². The summed E-state index contributed by atoms with van der Waals surface area (Å²) in [7, 11) is 0. The molecule has 1 saturated heterocycles. The lowest BCUT2D eigenvalue weighted by atomic mass is 9.94. The van der Waals surface area contributed by atoms with Crippen LogP contribution in [0, 0.1) is 23.0 Å². The molecule has 0 saturated carbocycles. The average molecular weight is 263 g/mol. The van der Waals surface area contributed by atoms with E-state index < -0.39 is 4.92 Å². The molecule has 0 radical (unpaired) electrons. The van der Waals surface area contributed by atoms with Gasteiger partial charge in [0.2, 0.25) is 0 Å². The second-order valence-corrected chi connectivity index (χ2v) is 4.98. The number of nitro groups is 1. The van der Waals surface area contributed by atoms with Crippen molar-refractivity contribution in [2.75, 3.05) is 18.0 Å². The van der Waals surface area contributed by atoms with Gasteiger partial charge in [0.25, 0.3) is 5.69 Å². The molecule has 0 bridgehead atoms. The van der Waals surface area contributed by atoms with E-state index >= 15 is 0 Å². The Bertz CT molecular complexity index is 516. The second-order valence-electron chi connectivity index (χ2n) is 4.98. The highest BCUT2D eigenvalue weighted by Gasteiger charge is 2.24. The van der Waals surface area contributed by atoms with Crippen molar-refractivity contribution in [3.63, 3.8) is 0 Å². The predicted octanol–water partition coefficient (Wildman–Crippen LogP) is 2.10. The first-order valence-corrected chi connectivity index (χ1v) is 6.35. The first-order valence-electron chi connectivity index (χ1n) is 6.35. The summed E-state index contributed by atoms with van der Waals surface area (Å²) in [4.78, 5) is 28.0. The molecule has 2 heterocycles. The fraction of sp³-hybridized carbons (Fsp3) is 0.538. The Morgan fingerprint density at radius 1 is 1.58 bits per heavy atom. The smallest absolute Gasteiger partial charge is 0.290 e. The van der Waals surface area contributed by atoms with Crippen LogP contribution in [-0.4, -0.2) is 28.8 Å². The van der Waals surface area contributed by atoms with Crippen LogP contribution < -0.4 is 4.90 Å². The third-order valence-electron chi connectivity index (χ3n) is 3.59. The van der Waals surface area contributed by atoms with Crippen LogP contribution in [0.15, 0.2) is 12.3 Å². The quantitative estimate of drug-likeness (QED) is 0.616. The SMILES string of the molecule is CC(=O)C1CCCN(c2cc(C)c([N+](=O)[O-])cn2)C1. The molecule has 1 fully saturated rings. The van der Waals surface area contributed by atoms with E-state index in [-0.39, 0.29) is 17.4 Å². The van der Waals surface area contributed by atoms with E-state index in [0.717, 1.165) is 19.4 Å². The van der Waals surface area contributed by atoms with Crippen LogP contribution in [0.1, 0.15) is 25.3 Å². The fourth-order valence-corrected chi connectivity index (χ4v) is 2.42. The molecular weight excluding hydrogens is 246 g/mol. The number of ketones is 1. The molecule has 0 N–H and O–H groups in total. The van der Waals surface area contributed by atoms with Crippen LogP contribution in [0.5, 0.6) is 0 Å². The fourth-order valence-electron chi connectivity index (χ4n) is 2.42. The molecule has 19 heavy (non-hydrogen) atoms. The number of nitrogens with zero attached hydrogens (tertiary/aromatic N) is 3. The molecule has 1 atom stereocenters. The zero-order chi connectivity index (χ0) is 14.0. The Balaban J connectivity index is 2.20. The number of Topliss-reactive ketones (excluding diaryl/α,β-unsaturated/α-hetero) is 1. The second kappa shape index (κ2) is 5.34. The molecule has 102 valence electrons. The van der Waals surface area contributed by atoms with Gasteiger partial charge in [0.1, 0.15) is 17.8 Å². The van der Waals surface area contributed by atoms with Gasteiger partial charge in [-0.1, -0.05) is 0 Å². The largest absolute Gasteiger partial charge is 0.356 e. The lowest BCUT2D eigenvalue weighted by Gasteiger charge is -2.32. The van der Waals surface area contributed by atoms with E-state index in [4.69, 9.17) is 0 Å². The van der Waals surface area contributed by atoms with Gasteiger partial charge in [-0.2, -0.15) is 0 Å². The van der Waals surface area contributed by atoms with Gasteiger partial charge < -0.3 is 4.90 Å². The Hall–Kier alpha value is -1.98. The highest BCUT2D eigenvalue weighted by molar-refractivity contribution is 5.79. The molecule has 0 spiro atoms. The van der Waals surface area contributed by atoms with Gasteiger partial charge in [-0.05, 0) is 32.8 Å². The van der Waals surface area contributed by atoms with Crippen LogP contribution in [0.4, 0.5) is 11.5 Å². The van der Waals surface area contributed by atoms with Gasteiger partial charge >= 0.3 is 0 Å². The summed E-state index contributed by atoms with van der Waals surface area (Å²) in [5.74, 6) is 0.962. The molecule has 0 aliphatic carbocycles. The van der Waals surface area contributed by atoms with Crippen LogP contribution in [0.25, 0.3) is 0 Å². The number of rotatable bonds is 3. The maximum atomic E-state index is 11.4. The summed E-state index contributed by atoms with van der Waals surface area (Å²) in [5.41, 5.74) is 0.629. The molecule has 1 aromatic rings. The monoisotopic (exact) mass is 263 g/mol. The van der Waals surface area contributed by atoms with E-state index in [1.54, 1.807) is 19.9 Å². The topological polar surface area (TPSA) is 76.3 Å². The molecule has 0 aromatic carbocycles. The minimum Gasteiger partial charge on any atom is -0.356 e. The summed E-state index contributed by atoms with van der Waals surface area (Å²) in [6.45, 7) is 4.81. The average Bonchev–Trinajstić information content (AvgIpc) is 2.38. The Morgan fingerprint density at radius 2 is 2.32 bits per heavy atom. The van der Waals surface area contributed by atoms with Crippen molar-refractivity contribution in [2.45, 2.75) is 26.7 Å². The maximum absolute atomic E-state index is 11.4. The highest BCUT2D eigenvalue weighted by Crippen LogP contribution is 2.25. The van der Waals surface area contributed by atoms with Crippen molar-refractivity contribution in [1.29, 1.82) is 0 Å². The van der Waals surface area contributed by atoms with E-state index in [9.17, 15) is 14.9 Å². The third kappa shape index (κ3) is 2.89. The Labute approximate surface area is 111 Å². The van der Waals surface area contributed by atoms with E-state index in [1.807, 2.05) is 4.90 Å². The van der Waals surface area contributed by atoms with Gasteiger partial charge in [0.05, 0.1) is 4.92 Å². The number of anilines is 1. The summed E-state index contributed by atoms with van der Waals surface area (Å²) in [6, 6.07) is 1.72. The molecule has 1 aromatic heterocycles. The van der Waals surface area contributed by atoms with Gasteiger partial charge in [-0.25, -0.2) is 4.98 Å². The zero-order valence-electron chi connectivity index (χ0n) is 11.1. The zero-order valence-corrected chi connectivity index (χ0v) is 11.1. The highest BCUT2D eigenvalue weighted by atomic mass is 16.6. The van der Waals surface area contributed by atoms with Crippen LogP contribution in [-0.2, 0) is 4.79 Å². The Morgan fingerprint density at radius 3 is 2.89 bits per heavy atom. The van der Waals surface area contributed by atoms with Crippen LogP contribution in [0.2, 0.25) is 0 Å². The number of carbonyl (C=O) groups excluding carboxylic acids is 1. The van der Waals surface area contributed by atoms with Crippen LogP contribution >= 0.6 is 0 Å². The summed E-state index contributed by atoms with van der Waals surface area (Å²) >= 11 is 0. The standard InChI is InChI=1S/C13H17N3O3/c1-9-6-13(14-7-12(9)16(18)19)15-5-3-4-11(8-15)10(2)17/h6-7,11H,3-5,8H2,1-2H3. The summed E-state index contributed by atoms with van der Waals surface area (Å²) < 4.78 is 0. The van der Waals surface area contributed by atoms with Gasteiger partial charge in [-0.3, -0.25) is 14.9 Å². The number of carbonyl (C=O) groups is 1.